The molecular formula is C12H15ClN2O3. The predicted octanol–water partition coefficient (Wildman–Crippen LogP) is 0.964. The van der Waals surface area contributed by atoms with Crippen molar-refractivity contribution in [2.45, 2.75) is 6.10 Å². The second-order valence-corrected chi connectivity index (χ2v) is 4.68. The summed E-state index contributed by atoms with van der Waals surface area (Å²) in [6.07, 6.45) is -0.307. The minimum Gasteiger partial charge on any atom is -0.495 e. The van der Waals surface area contributed by atoms with E-state index in [1.54, 1.807) is 18.2 Å². The van der Waals surface area contributed by atoms with Gasteiger partial charge < -0.3 is 15.2 Å². The van der Waals surface area contributed by atoms with Gasteiger partial charge in [-0.3, -0.25) is 9.69 Å². The first-order chi connectivity index (χ1) is 8.58. The van der Waals surface area contributed by atoms with Crippen LogP contribution in [0.2, 0.25) is 5.02 Å². The summed E-state index contributed by atoms with van der Waals surface area (Å²) in [5.74, 6) is 0.416. The first-order valence-electron chi connectivity index (χ1n) is 5.62. The average molecular weight is 271 g/mol. The normalized spacial score (nSPS) is 16.2. The van der Waals surface area contributed by atoms with Gasteiger partial charge in [0.2, 0.25) is 5.91 Å². The first-order valence-corrected chi connectivity index (χ1v) is 6.00. The highest BCUT2D eigenvalue weighted by Crippen LogP contribution is 2.27. The number of methoxy groups -OCH3 is 1. The van der Waals surface area contributed by atoms with Gasteiger partial charge in [0.15, 0.2) is 0 Å². The van der Waals surface area contributed by atoms with Crippen molar-refractivity contribution in [3.63, 3.8) is 0 Å². The molecule has 18 heavy (non-hydrogen) atoms. The van der Waals surface area contributed by atoms with Gasteiger partial charge in [0.05, 0.1) is 25.4 Å². The van der Waals surface area contributed by atoms with Gasteiger partial charge in [-0.25, -0.2) is 0 Å². The average Bonchev–Trinajstić information content (AvgIpc) is 2.27. The molecule has 98 valence electrons. The number of carbonyl (C=O) groups excluding carboxylic acids is 1. The summed E-state index contributed by atoms with van der Waals surface area (Å²) < 4.78 is 5.14. The lowest BCUT2D eigenvalue weighted by atomic mass is 10.2. The Morgan fingerprint density at radius 3 is 2.94 bits per heavy atom. The quantitative estimate of drug-likeness (QED) is 0.856. The Hall–Kier alpha value is -1.30. The summed E-state index contributed by atoms with van der Waals surface area (Å²) in [5.41, 5.74) is 0.552. The van der Waals surface area contributed by atoms with E-state index in [9.17, 15) is 4.79 Å². The molecule has 1 aromatic rings. The van der Waals surface area contributed by atoms with Gasteiger partial charge in [-0.2, -0.15) is 0 Å². The molecule has 0 aromatic heterocycles. The van der Waals surface area contributed by atoms with Gasteiger partial charge >= 0.3 is 0 Å². The Morgan fingerprint density at radius 1 is 1.61 bits per heavy atom. The molecule has 2 rings (SSSR count). The number of β-amino-alcohol motifs (C(OH)–C–C–N with tert-alkyl or cyclic N) is 1. The summed E-state index contributed by atoms with van der Waals surface area (Å²) in [6, 6.07) is 5.04. The monoisotopic (exact) mass is 270 g/mol. The van der Waals surface area contributed by atoms with Crippen LogP contribution in [0.1, 0.15) is 0 Å². The number of aliphatic hydroxyl groups excluding tert-OH is 1. The molecule has 0 unspecified atom stereocenters. The van der Waals surface area contributed by atoms with E-state index in [0.29, 0.717) is 29.5 Å². The molecule has 6 heteroatoms. The number of nitrogens with one attached hydrogen (secondary N) is 1. The van der Waals surface area contributed by atoms with Crippen LogP contribution in [0, 0.1) is 0 Å². The maximum absolute atomic E-state index is 11.8. The Kier molecular flexibility index (Phi) is 4.06. The van der Waals surface area contributed by atoms with Crippen LogP contribution < -0.4 is 10.1 Å². The van der Waals surface area contributed by atoms with Crippen molar-refractivity contribution >= 4 is 23.2 Å². The molecule has 1 heterocycles. The van der Waals surface area contributed by atoms with Crippen LogP contribution in [0.25, 0.3) is 0 Å². The number of rotatable bonds is 4. The summed E-state index contributed by atoms with van der Waals surface area (Å²) in [4.78, 5) is 13.6. The maximum Gasteiger partial charge on any atom is 0.238 e. The molecule has 2 N–H and O–H groups in total. The number of hydrogen-bond acceptors (Lipinski definition) is 4. The second kappa shape index (κ2) is 5.56. The molecule has 5 nitrogen and oxygen atoms in total. The number of anilines is 1. The predicted molar refractivity (Wildman–Crippen MR) is 69.1 cm³/mol. The summed E-state index contributed by atoms with van der Waals surface area (Å²) >= 11 is 5.87. The lowest BCUT2D eigenvalue weighted by Crippen LogP contribution is -2.53. The zero-order valence-electron chi connectivity index (χ0n) is 10.0. The van der Waals surface area contributed by atoms with Crippen LogP contribution in [0.5, 0.6) is 5.75 Å². The topological polar surface area (TPSA) is 61.8 Å². The molecular weight excluding hydrogens is 256 g/mol. The summed E-state index contributed by atoms with van der Waals surface area (Å²) in [5, 5.41) is 12.4. The Morgan fingerprint density at radius 2 is 2.33 bits per heavy atom. The molecule has 0 bridgehead atoms. The molecule has 1 fully saturated rings. The molecule has 1 saturated heterocycles. The number of hydrogen-bond donors (Lipinski definition) is 2. The smallest absolute Gasteiger partial charge is 0.238 e. The fourth-order valence-electron chi connectivity index (χ4n) is 1.84. The third-order valence-corrected chi connectivity index (χ3v) is 2.98. The van der Waals surface area contributed by atoms with Gasteiger partial charge in [0, 0.05) is 18.1 Å². The van der Waals surface area contributed by atoms with Crippen LogP contribution in [0.3, 0.4) is 0 Å². The van der Waals surface area contributed by atoms with Crippen LogP contribution in [0.4, 0.5) is 5.69 Å². The molecule has 1 aliphatic heterocycles. The summed E-state index contributed by atoms with van der Waals surface area (Å²) in [6.45, 7) is 1.34. The van der Waals surface area contributed by atoms with Crippen LogP contribution in [0.15, 0.2) is 18.2 Å². The number of likely N-dealkylation sites (tertiary alicyclic amines) is 1. The molecule has 1 aliphatic rings. The number of amides is 1. The van der Waals surface area contributed by atoms with E-state index in [4.69, 9.17) is 21.4 Å². The highest BCUT2D eigenvalue weighted by Gasteiger charge is 2.26. The number of carbonyl (C=O) groups is 1. The number of aliphatic hydroxyl groups is 1. The Labute approximate surface area is 110 Å². The van der Waals surface area contributed by atoms with E-state index in [0.717, 1.165) is 0 Å². The standard InChI is InChI=1S/C12H15ClN2O3/c1-18-11-3-2-8(13)4-10(11)14-12(17)7-15-5-9(16)6-15/h2-4,9,16H,5-7H2,1H3,(H,14,17). The third kappa shape index (κ3) is 3.13. The van der Waals surface area contributed by atoms with Crippen LogP contribution in [-0.2, 0) is 4.79 Å². The molecule has 1 aromatic carbocycles. The minimum absolute atomic E-state index is 0.150. The van der Waals surface area contributed by atoms with Crippen molar-refractivity contribution in [2.24, 2.45) is 0 Å². The molecule has 0 atom stereocenters. The van der Waals surface area contributed by atoms with Crippen LogP contribution in [-0.4, -0.2) is 48.8 Å². The maximum atomic E-state index is 11.8. The highest BCUT2D eigenvalue weighted by atomic mass is 35.5. The molecule has 0 radical (unpaired) electrons. The van der Waals surface area contributed by atoms with Crippen molar-refractivity contribution in [3.05, 3.63) is 23.2 Å². The Bertz CT molecular complexity index is 447. The van der Waals surface area contributed by atoms with Crippen molar-refractivity contribution in [3.8, 4) is 5.75 Å². The first kappa shape index (κ1) is 13.1. The lowest BCUT2D eigenvalue weighted by Gasteiger charge is -2.35. The Balaban J connectivity index is 1.95. The van der Waals surface area contributed by atoms with E-state index in [1.165, 1.54) is 7.11 Å². The summed E-state index contributed by atoms with van der Waals surface area (Å²) in [7, 11) is 1.53. The number of halogens is 1. The fourth-order valence-corrected chi connectivity index (χ4v) is 2.01. The van der Waals surface area contributed by atoms with Crippen molar-refractivity contribution in [1.82, 2.24) is 4.90 Å². The van der Waals surface area contributed by atoms with Crippen LogP contribution >= 0.6 is 11.6 Å². The minimum atomic E-state index is -0.307. The van der Waals surface area contributed by atoms with E-state index in [1.807, 2.05) is 4.90 Å². The van der Waals surface area contributed by atoms with E-state index < -0.39 is 0 Å². The molecule has 1 amide bonds. The van der Waals surface area contributed by atoms with Gasteiger partial charge in [0.1, 0.15) is 5.75 Å². The van der Waals surface area contributed by atoms with Gasteiger partial charge in [-0.1, -0.05) is 11.6 Å². The highest BCUT2D eigenvalue weighted by molar-refractivity contribution is 6.31. The van der Waals surface area contributed by atoms with Gasteiger partial charge in [-0.05, 0) is 18.2 Å². The van der Waals surface area contributed by atoms with E-state index in [-0.39, 0.29) is 18.6 Å². The van der Waals surface area contributed by atoms with Crippen molar-refractivity contribution in [2.75, 3.05) is 32.1 Å². The van der Waals surface area contributed by atoms with Crippen molar-refractivity contribution in [1.29, 1.82) is 0 Å². The molecule has 0 aliphatic carbocycles. The number of ether oxygens (including phenoxy) is 1. The fraction of sp³-hybridized carbons (Fsp3) is 0.417. The largest absolute Gasteiger partial charge is 0.495 e. The van der Waals surface area contributed by atoms with Gasteiger partial charge in [-0.15, -0.1) is 0 Å². The lowest BCUT2D eigenvalue weighted by molar-refractivity contribution is -0.119. The number of benzene rings is 1. The van der Waals surface area contributed by atoms with Crippen molar-refractivity contribution < 1.29 is 14.6 Å². The zero-order valence-corrected chi connectivity index (χ0v) is 10.8. The third-order valence-electron chi connectivity index (χ3n) is 2.74. The SMILES string of the molecule is COc1ccc(Cl)cc1NC(=O)CN1CC(O)C1. The molecule has 0 saturated carbocycles. The van der Waals surface area contributed by atoms with Gasteiger partial charge in [0.25, 0.3) is 0 Å². The zero-order chi connectivity index (χ0) is 13.1. The number of nitrogens with zero attached hydrogens (tertiary/aromatic N) is 1. The van der Waals surface area contributed by atoms with E-state index in [2.05, 4.69) is 5.32 Å². The second-order valence-electron chi connectivity index (χ2n) is 4.24. The molecule has 0 spiro atoms. The van der Waals surface area contributed by atoms with E-state index >= 15 is 0 Å².